The standard InChI is InChI=1S/C18H17N3O4/c1-25-14-7-4-6-13(9-14)20-17(23)15-8-3-2-5-12(15)11-21-16(22)10-19-18(21)24/h2-9H,10-11H2,1H3,(H,19,24)(H,20,23). The van der Waals surface area contributed by atoms with Gasteiger partial charge in [0.1, 0.15) is 5.75 Å². The molecule has 2 aromatic rings. The summed E-state index contributed by atoms with van der Waals surface area (Å²) in [5.41, 5.74) is 1.58. The molecule has 2 aromatic carbocycles. The lowest BCUT2D eigenvalue weighted by atomic mass is 10.1. The predicted molar refractivity (Wildman–Crippen MR) is 91.3 cm³/mol. The zero-order chi connectivity index (χ0) is 17.8. The van der Waals surface area contributed by atoms with Crippen molar-refractivity contribution in [3.8, 4) is 5.75 Å². The van der Waals surface area contributed by atoms with Crippen molar-refractivity contribution in [2.75, 3.05) is 19.0 Å². The lowest BCUT2D eigenvalue weighted by Gasteiger charge is -2.15. The molecule has 3 rings (SSSR count). The molecule has 0 aliphatic carbocycles. The molecule has 7 heteroatoms. The van der Waals surface area contributed by atoms with Crippen molar-refractivity contribution in [1.82, 2.24) is 10.2 Å². The number of hydrogen-bond donors (Lipinski definition) is 2. The maximum atomic E-state index is 12.6. The van der Waals surface area contributed by atoms with Crippen LogP contribution in [0.25, 0.3) is 0 Å². The van der Waals surface area contributed by atoms with Crippen molar-refractivity contribution in [3.63, 3.8) is 0 Å². The van der Waals surface area contributed by atoms with E-state index in [9.17, 15) is 14.4 Å². The van der Waals surface area contributed by atoms with Gasteiger partial charge in [0, 0.05) is 17.3 Å². The number of carbonyl (C=O) groups is 3. The summed E-state index contributed by atoms with van der Waals surface area (Å²) in [5.74, 6) is -0.00525. The van der Waals surface area contributed by atoms with Crippen molar-refractivity contribution >= 4 is 23.5 Å². The van der Waals surface area contributed by atoms with E-state index in [2.05, 4.69) is 10.6 Å². The predicted octanol–water partition coefficient (Wildman–Crippen LogP) is 2.00. The number of rotatable bonds is 5. The van der Waals surface area contributed by atoms with Gasteiger partial charge < -0.3 is 15.4 Å². The summed E-state index contributed by atoms with van der Waals surface area (Å²) in [4.78, 5) is 37.2. The zero-order valence-electron chi connectivity index (χ0n) is 13.6. The van der Waals surface area contributed by atoms with Crippen LogP contribution in [0.4, 0.5) is 10.5 Å². The van der Waals surface area contributed by atoms with Crippen LogP contribution >= 0.6 is 0 Å². The van der Waals surface area contributed by atoms with Crippen LogP contribution in [0.3, 0.4) is 0 Å². The monoisotopic (exact) mass is 339 g/mol. The lowest BCUT2D eigenvalue weighted by molar-refractivity contribution is -0.125. The van der Waals surface area contributed by atoms with Gasteiger partial charge in [-0.3, -0.25) is 14.5 Å². The number of ether oxygens (including phenoxy) is 1. The van der Waals surface area contributed by atoms with Crippen LogP contribution in [0.5, 0.6) is 5.75 Å². The summed E-state index contributed by atoms with van der Waals surface area (Å²) in [7, 11) is 1.55. The number of methoxy groups -OCH3 is 1. The van der Waals surface area contributed by atoms with Gasteiger partial charge in [0.05, 0.1) is 20.2 Å². The van der Waals surface area contributed by atoms with E-state index >= 15 is 0 Å². The topological polar surface area (TPSA) is 87.7 Å². The Morgan fingerprint density at radius 1 is 1.20 bits per heavy atom. The maximum absolute atomic E-state index is 12.6. The molecule has 1 heterocycles. The second kappa shape index (κ2) is 7.04. The van der Waals surface area contributed by atoms with Gasteiger partial charge in [-0.2, -0.15) is 0 Å². The van der Waals surface area contributed by atoms with Crippen LogP contribution < -0.4 is 15.4 Å². The molecule has 128 valence electrons. The summed E-state index contributed by atoms with van der Waals surface area (Å²) in [6.45, 7) is 0.0311. The Morgan fingerprint density at radius 3 is 2.72 bits per heavy atom. The third-order valence-electron chi connectivity index (χ3n) is 3.86. The van der Waals surface area contributed by atoms with E-state index in [1.54, 1.807) is 55.6 Å². The zero-order valence-corrected chi connectivity index (χ0v) is 13.6. The number of hydrogen-bond acceptors (Lipinski definition) is 4. The maximum Gasteiger partial charge on any atom is 0.324 e. The highest BCUT2D eigenvalue weighted by Gasteiger charge is 2.29. The average Bonchev–Trinajstić information content (AvgIpc) is 2.94. The molecule has 1 saturated heterocycles. The Morgan fingerprint density at radius 2 is 2.00 bits per heavy atom. The second-order valence-corrected chi connectivity index (χ2v) is 5.48. The van der Waals surface area contributed by atoms with Crippen LogP contribution in [0.1, 0.15) is 15.9 Å². The Bertz CT molecular complexity index is 819. The fourth-order valence-corrected chi connectivity index (χ4v) is 2.56. The van der Waals surface area contributed by atoms with Gasteiger partial charge in [-0.05, 0) is 23.8 Å². The van der Waals surface area contributed by atoms with Crippen LogP contribution in [0.2, 0.25) is 0 Å². The van der Waals surface area contributed by atoms with Crippen LogP contribution in [-0.4, -0.2) is 36.4 Å². The third kappa shape index (κ3) is 3.60. The molecular weight excluding hydrogens is 322 g/mol. The van der Waals surface area contributed by atoms with Gasteiger partial charge in [-0.15, -0.1) is 0 Å². The minimum absolute atomic E-state index is 0.0169. The number of benzene rings is 2. The molecule has 4 amide bonds. The van der Waals surface area contributed by atoms with E-state index < -0.39 is 6.03 Å². The van der Waals surface area contributed by atoms with Crippen molar-refractivity contribution in [1.29, 1.82) is 0 Å². The van der Waals surface area contributed by atoms with E-state index in [-0.39, 0.29) is 24.9 Å². The van der Waals surface area contributed by atoms with Crippen LogP contribution in [0.15, 0.2) is 48.5 Å². The first-order valence-electron chi connectivity index (χ1n) is 7.70. The molecule has 0 unspecified atom stereocenters. The Kier molecular flexibility index (Phi) is 4.65. The summed E-state index contributed by atoms with van der Waals surface area (Å²) in [6, 6.07) is 13.4. The normalized spacial score (nSPS) is 13.6. The molecule has 25 heavy (non-hydrogen) atoms. The van der Waals surface area contributed by atoms with Crippen molar-refractivity contribution in [3.05, 3.63) is 59.7 Å². The number of imide groups is 1. The highest BCUT2D eigenvalue weighted by Crippen LogP contribution is 2.19. The smallest absolute Gasteiger partial charge is 0.324 e. The van der Waals surface area contributed by atoms with Crippen LogP contribution in [-0.2, 0) is 11.3 Å². The molecule has 2 N–H and O–H groups in total. The van der Waals surface area contributed by atoms with Gasteiger partial charge in [-0.25, -0.2) is 4.79 Å². The lowest BCUT2D eigenvalue weighted by Crippen LogP contribution is -2.31. The number of carbonyl (C=O) groups excluding carboxylic acids is 3. The molecule has 1 aliphatic rings. The van der Waals surface area contributed by atoms with Crippen molar-refractivity contribution in [2.24, 2.45) is 0 Å². The summed E-state index contributed by atoms with van der Waals surface area (Å²) >= 11 is 0. The number of anilines is 1. The average molecular weight is 339 g/mol. The highest BCUT2D eigenvalue weighted by atomic mass is 16.5. The van der Waals surface area contributed by atoms with E-state index in [1.807, 2.05) is 0 Å². The molecule has 7 nitrogen and oxygen atoms in total. The van der Waals surface area contributed by atoms with E-state index in [0.29, 0.717) is 22.6 Å². The van der Waals surface area contributed by atoms with Gasteiger partial charge in [0.15, 0.2) is 0 Å². The summed E-state index contributed by atoms with van der Waals surface area (Å²) in [5, 5.41) is 5.26. The Balaban J connectivity index is 1.81. The highest BCUT2D eigenvalue weighted by molar-refractivity contribution is 6.06. The van der Waals surface area contributed by atoms with Gasteiger partial charge >= 0.3 is 6.03 Å². The molecule has 1 fully saturated rings. The molecule has 0 radical (unpaired) electrons. The van der Waals surface area contributed by atoms with Gasteiger partial charge in [-0.1, -0.05) is 24.3 Å². The first kappa shape index (κ1) is 16.5. The minimum Gasteiger partial charge on any atom is -0.497 e. The summed E-state index contributed by atoms with van der Waals surface area (Å²) in [6.07, 6.45) is 0. The Hall–Kier alpha value is -3.35. The first-order chi connectivity index (χ1) is 12.1. The Labute approximate surface area is 144 Å². The SMILES string of the molecule is COc1cccc(NC(=O)c2ccccc2CN2C(=O)CNC2=O)c1. The van der Waals surface area contributed by atoms with E-state index in [1.165, 1.54) is 0 Å². The number of nitrogens with zero attached hydrogens (tertiary/aromatic N) is 1. The molecule has 0 saturated carbocycles. The first-order valence-corrected chi connectivity index (χ1v) is 7.70. The fraction of sp³-hybridized carbons (Fsp3) is 0.167. The molecule has 0 bridgehead atoms. The van der Waals surface area contributed by atoms with E-state index in [4.69, 9.17) is 4.74 Å². The van der Waals surface area contributed by atoms with Crippen molar-refractivity contribution < 1.29 is 19.1 Å². The number of urea groups is 1. The van der Waals surface area contributed by atoms with Crippen LogP contribution in [0, 0.1) is 0 Å². The third-order valence-corrected chi connectivity index (χ3v) is 3.86. The number of nitrogens with one attached hydrogen (secondary N) is 2. The van der Waals surface area contributed by atoms with Gasteiger partial charge in [0.2, 0.25) is 5.91 Å². The van der Waals surface area contributed by atoms with Crippen molar-refractivity contribution in [2.45, 2.75) is 6.54 Å². The molecule has 0 aromatic heterocycles. The minimum atomic E-state index is -0.451. The summed E-state index contributed by atoms with van der Waals surface area (Å²) < 4.78 is 5.14. The van der Waals surface area contributed by atoms with E-state index in [0.717, 1.165) is 4.90 Å². The van der Waals surface area contributed by atoms with Gasteiger partial charge in [0.25, 0.3) is 5.91 Å². The molecule has 1 aliphatic heterocycles. The number of amides is 4. The fourth-order valence-electron chi connectivity index (χ4n) is 2.56. The largest absolute Gasteiger partial charge is 0.497 e. The quantitative estimate of drug-likeness (QED) is 0.816. The molecule has 0 atom stereocenters. The molecular formula is C18H17N3O4. The second-order valence-electron chi connectivity index (χ2n) is 5.48. The molecule has 0 spiro atoms.